The molecule has 2 aromatic rings. The van der Waals surface area contributed by atoms with E-state index in [1.165, 1.54) is 31.7 Å². The highest BCUT2D eigenvalue weighted by atomic mass is 16.2. The first-order valence-corrected chi connectivity index (χ1v) is 8.16. The molecule has 24 heavy (non-hydrogen) atoms. The minimum atomic E-state index is -0.449. The number of aryl methyl sites for hydroxylation is 1. The molecule has 2 aromatic heterocycles. The summed E-state index contributed by atoms with van der Waals surface area (Å²) in [6.45, 7) is 2.18. The molecule has 0 aliphatic carbocycles. The van der Waals surface area contributed by atoms with Gasteiger partial charge >= 0.3 is 0 Å². The average molecular weight is 326 g/mol. The van der Waals surface area contributed by atoms with E-state index in [0.29, 0.717) is 5.56 Å². The summed E-state index contributed by atoms with van der Waals surface area (Å²) in [5, 5.41) is 0. The fraction of sp³-hybridized carbons (Fsp3) is 0.333. The number of hydrazine groups is 1. The molecule has 0 aliphatic heterocycles. The molecule has 2 amide bonds. The predicted octanol–water partition coefficient (Wildman–Crippen LogP) is 2.67. The molecule has 0 atom stereocenters. The van der Waals surface area contributed by atoms with Gasteiger partial charge in [0.05, 0.1) is 0 Å². The minimum absolute atomic E-state index is 0.266. The Morgan fingerprint density at radius 2 is 1.71 bits per heavy atom. The molecular weight excluding hydrogens is 304 g/mol. The van der Waals surface area contributed by atoms with Crippen molar-refractivity contribution in [3.63, 3.8) is 0 Å². The van der Waals surface area contributed by atoms with Crippen molar-refractivity contribution < 1.29 is 9.59 Å². The third kappa shape index (κ3) is 5.46. The Kier molecular flexibility index (Phi) is 6.89. The van der Waals surface area contributed by atoms with Gasteiger partial charge in [-0.15, -0.1) is 0 Å². The topological polar surface area (TPSA) is 84.0 Å². The van der Waals surface area contributed by atoms with Crippen molar-refractivity contribution in [2.24, 2.45) is 0 Å². The fourth-order valence-corrected chi connectivity index (χ4v) is 2.22. The summed E-state index contributed by atoms with van der Waals surface area (Å²) in [5.41, 5.74) is 6.51. The molecule has 0 fully saturated rings. The van der Waals surface area contributed by atoms with Gasteiger partial charge in [-0.3, -0.25) is 30.4 Å². The van der Waals surface area contributed by atoms with Gasteiger partial charge < -0.3 is 0 Å². The van der Waals surface area contributed by atoms with E-state index in [2.05, 4.69) is 27.7 Å². The fourth-order valence-electron chi connectivity index (χ4n) is 2.22. The molecule has 0 spiro atoms. The van der Waals surface area contributed by atoms with Crippen LogP contribution in [-0.2, 0) is 6.42 Å². The van der Waals surface area contributed by atoms with E-state index in [0.717, 1.165) is 18.4 Å². The maximum atomic E-state index is 12.0. The lowest BCUT2D eigenvalue weighted by molar-refractivity contribution is 0.0844. The summed E-state index contributed by atoms with van der Waals surface area (Å²) >= 11 is 0. The van der Waals surface area contributed by atoms with Crippen LogP contribution in [0.25, 0.3) is 0 Å². The van der Waals surface area contributed by atoms with Crippen LogP contribution in [0.15, 0.2) is 42.9 Å². The molecule has 6 nitrogen and oxygen atoms in total. The highest BCUT2D eigenvalue weighted by Crippen LogP contribution is 2.07. The van der Waals surface area contributed by atoms with Crippen molar-refractivity contribution in [2.45, 2.75) is 39.0 Å². The monoisotopic (exact) mass is 326 g/mol. The Balaban J connectivity index is 1.81. The number of pyridine rings is 2. The maximum absolute atomic E-state index is 12.0. The summed E-state index contributed by atoms with van der Waals surface area (Å²) in [4.78, 5) is 31.8. The van der Waals surface area contributed by atoms with Crippen LogP contribution in [0.4, 0.5) is 0 Å². The van der Waals surface area contributed by atoms with Crippen LogP contribution >= 0.6 is 0 Å². The van der Waals surface area contributed by atoms with Gasteiger partial charge in [-0.1, -0.05) is 32.3 Å². The quantitative estimate of drug-likeness (QED) is 0.605. The number of nitrogens with zero attached hydrogens (tertiary/aromatic N) is 2. The first-order valence-electron chi connectivity index (χ1n) is 8.16. The average Bonchev–Trinajstić information content (AvgIpc) is 2.64. The number of unbranched alkanes of at least 4 members (excludes halogenated alkanes) is 3. The molecule has 0 bridgehead atoms. The van der Waals surface area contributed by atoms with Crippen molar-refractivity contribution in [3.8, 4) is 0 Å². The molecule has 126 valence electrons. The lowest BCUT2D eigenvalue weighted by Crippen LogP contribution is -2.41. The second kappa shape index (κ2) is 9.39. The zero-order chi connectivity index (χ0) is 17.2. The third-order valence-corrected chi connectivity index (χ3v) is 3.61. The SMILES string of the molecule is CCCCCCc1ccc(C(=O)NNC(=O)c2ccncc2)nc1. The molecule has 2 heterocycles. The largest absolute Gasteiger partial charge is 0.288 e. The number of carbonyl (C=O) groups excluding carboxylic acids is 2. The van der Waals surface area contributed by atoms with E-state index in [1.54, 1.807) is 24.4 Å². The minimum Gasteiger partial charge on any atom is -0.267 e. The molecule has 0 unspecified atom stereocenters. The van der Waals surface area contributed by atoms with Crippen LogP contribution in [-0.4, -0.2) is 21.8 Å². The standard InChI is InChI=1S/C18H22N4O2/c1-2-3-4-5-6-14-7-8-16(20-13-14)18(24)22-21-17(23)15-9-11-19-12-10-15/h7-13H,2-6H2,1H3,(H,21,23)(H,22,24). The van der Waals surface area contributed by atoms with Crippen molar-refractivity contribution in [2.75, 3.05) is 0 Å². The normalized spacial score (nSPS) is 10.2. The van der Waals surface area contributed by atoms with E-state index in [-0.39, 0.29) is 5.69 Å². The van der Waals surface area contributed by atoms with Crippen LogP contribution in [0.1, 0.15) is 59.0 Å². The molecule has 2 N–H and O–H groups in total. The molecule has 0 aliphatic rings. The molecule has 0 radical (unpaired) electrons. The Hall–Kier alpha value is -2.76. The van der Waals surface area contributed by atoms with Crippen LogP contribution < -0.4 is 10.9 Å². The van der Waals surface area contributed by atoms with Gasteiger partial charge in [0.2, 0.25) is 0 Å². The summed E-state index contributed by atoms with van der Waals surface area (Å²) in [5.74, 6) is -0.853. The molecule has 2 rings (SSSR count). The Labute approximate surface area is 141 Å². The molecule has 0 saturated carbocycles. The van der Waals surface area contributed by atoms with Crippen molar-refractivity contribution >= 4 is 11.8 Å². The van der Waals surface area contributed by atoms with Gasteiger partial charge in [-0.25, -0.2) is 0 Å². The van der Waals surface area contributed by atoms with E-state index >= 15 is 0 Å². The van der Waals surface area contributed by atoms with Gasteiger partial charge in [-0.2, -0.15) is 0 Å². The van der Waals surface area contributed by atoms with Crippen LogP contribution in [0.5, 0.6) is 0 Å². The van der Waals surface area contributed by atoms with E-state index in [4.69, 9.17) is 0 Å². The summed E-state index contributed by atoms with van der Waals surface area (Å²) in [6, 6.07) is 6.70. The van der Waals surface area contributed by atoms with Crippen molar-refractivity contribution in [1.29, 1.82) is 0 Å². The lowest BCUT2D eigenvalue weighted by atomic mass is 10.1. The highest BCUT2D eigenvalue weighted by molar-refractivity contribution is 5.98. The first kappa shape index (κ1) is 17.6. The first-order chi connectivity index (χ1) is 11.7. The number of carbonyl (C=O) groups is 2. The second-order valence-corrected chi connectivity index (χ2v) is 5.51. The van der Waals surface area contributed by atoms with E-state index < -0.39 is 11.8 Å². The summed E-state index contributed by atoms with van der Waals surface area (Å²) in [7, 11) is 0. The summed E-state index contributed by atoms with van der Waals surface area (Å²) < 4.78 is 0. The zero-order valence-electron chi connectivity index (χ0n) is 13.8. The molecule has 6 heteroatoms. The highest BCUT2D eigenvalue weighted by Gasteiger charge is 2.10. The van der Waals surface area contributed by atoms with Crippen LogP contribution in [0.3, 0.4) is 0 Å². The van der Waals surface area contributed by atoms with Crippen molar-refractivity contribution in [1.82, 2.24) is 20.8 Å². The lowest BCUT2D eigenvalue weighted by Gasteiger charge is -2.07. The molecule has 0 aromatic carbocycles. The number of rotatable bonds is 7. The number of amides is 2. The van der Waals surface area contributed by atoms with Gasteiger partial charge in [0, 0.05) is 24.2 Å². The summed E-state index contributed by atoms with van der Waals surface area (Å²) in [6.07, 6.45) is 10.5. The van der Waals surface area contributed by atoms with Crippen molar-refractivity contribution in [3.05, 3.63) is 59.7 Å². The van der Waals surface area contributed by atoms with Gasteiger partial charge in [0.1, 0.15) is 5.69 Å². The number of hydrogen-bond donors (Lipinski definition) is 2. The number of hydrogen-bond acceptors (Lipinski definition) is 4. The Morgan fingerprint density at radius 3 is 2.38 bits per heavy atom. The van der Waals surface area contributed by atoms with Gasteiger partial charge in [0.15, 0.2) is 0 Å². The smallest absolute Gasteiger partial charge is 0.267 e. The third-order valence-electron chi connectivity index (χ3n) is 3.61. The Bertz CT molecular complexity index is 656. The second-order valence-electron chi connectivity index (χ2n) is 5.51. The van der Waals surface area contributed by atoms with Gasteiger partial charge in [-0.05, 0) is 36.6 Å². The van der Waals surface area contributed by atoms with E-state index in [1.807, 2.05) is 6.07 Å². The zero-order valence-corrected chi connectivity index (χ0v) is 13.8. The van der Waals surface area contributed by atoms with Crippen LogP contribution in [0, 0.1) is 0 Å². The molecule has 0 saturated heterocycles. The number of nitrogens with one attached hydrogen (secondary N) is 2. The predicted molar refractivity (Wildman–Crippen MR) is 91.3 cm³/mol. The van der Waals surface area contributed by atoms with Gasteiger partial charge in [0.25, 0.3) is 11.8 Å². The number of aromatic nitrogens is 2. The van der Waals surface area contributed by atoms with Crippen LogP contribution in [0.2, 0.25) is 0 Å². The maximum Gasteiger partial charge on any atom is 0.288 e. The Morgan fingerprint density at radius 1 is 0.958 bits per heavy atom. The van der Waals surface area contributed by atoms with E-state index in [9.17, 15) is 9.59 Å². The molecular formula is C18H22N4O2.